The molecule has 11 unspecified atom stereocenters. The summed E-state index contributed by atoms with van der Waals surface area (Å²) in [6.45, 7) is 3.44. The van der Waals surface area contributed by atoms with E-state index >= 15 is 0 Å². The van der Waals surface area contributed by atoms with Gasteiger partial charge in [-0.15, -0.1) is 0 Å². The molecule has 2 aliphatic rings. The van der Waals surface area contributed by atoms with Crippen molar-refractivity contribution in [3.05, 3.63) is 97.2 Å². The van der Waals surface area contributed by atoms with Crippen LogP contribution >= 0.6 is 0 Å². The highest BCUT2D eigenvalue weighted by Crippen LogP contribution is 2.26. The smallest absolute Gasteiger partial charge is 0.306 e. The fourth-order valence-electron chi connectivity index (χ4n) is 7.89. The van der Waals surface area contributed by atoms with Crippen LogP contribution in [0.25, 0.3) is 0 Å². The summed E-state index contributed by atoms with van der Waals surface area (Å²) < 4.78 is 34.3. The summed E-state index contributed by atoms with van der Waals surface area (Å²) in [7, 11) is 0. The lowest BCUT2D eigenvalue weighted by atomic mass is 9.98. The summed E-state index contributed by atoms with van der Waals surface area (Å²) in [6.07, 6.45) is 41.8. The van der Waals surface area contributed by atoms with Gasteiger partial charge < -0.3 is 64.2 Å². The van der Waals surface area contributed by atoms with Gasteiger partial charge in [0.15, 0.2) is 12.6 Å². The minimum Gasteiger partial charge on any atom is -0.457 e. The number of ether oxygens (including phenoxy) is 6. The summed E-state index contributed by atoms with van der Waals surface area (Å²) in [5.74, 6) is -0.402. The second kappa shape index (κ2) is 44.2. The molecule has 0 aromatic heterocycles. The van der Waals surface area contributed by atoms with E-state index in [0.29, 0.717) is 13.0 Å². The SMILES string of the molecule is CC/C=C\C/C=C\C/C=C\C/C=C\C/C=C\C/C=C\CCCCCCCOCC(COC1OC(COC2OC(CO)C(O)C(O)C2O)C(O)C(O)C1O)OC(=O)CCCCCCC/C=C\C/C=C\CCCC. The topological polar surface area (TPSA) is 214 Å². The molecule has 14 nitrogen and oxygen atoms in total. The van der Waals surface area contributed by atoms with Crippen molar-refractivity contribution in [2.24, 2.45) is 0 Å². The third-order valence-electron chi connectivity index (χ3n) is 12.3. The van der Waals surface area contributed by atoms with E-state index in [1.54, 1.807) is 0 Å². The van der Waals surface area contributed by atoms with Gasteiger partial charge in [0, 0.05) is 13.0 Å². The van der Waals surface area contributed by atoms with Gasteiger partial charge in [0.2, 0.25) is 0 Å². The molecule has 14 heteroatoms. The van der Waals surface area contributed by atoms with Crippen molar-refractivity contribution >= 4 is 5.97 Å². The van der Waals surface area contributed by atoms with Crippen molar-refractivity contribution in [1.82, 2.24) is 0 Å². The van der Waals surface area contributed by atoms with Crippen molar-refractivity contribution in [2.45, 2.75) is 229 Å². The quantitative estimate of drug-likeness (QED) is 0.0173. The van der Waals surface area contributed by atoms with E-state index in [2.05, 4.69) is 111 Å². The van der Waals surface area contributed by atoms with Gasteiger partial charge in [-0.2, -0.15) is 0 Å². The zero-order valence-corrected chi connectivity index (χ0v) is 43.9. The standard InChI is InChI=1S/C58H96O14/c1-3-5-7-9-11-13-15-17-19-20-21-22-23-24-25-26-27-28-30-32-34-36-38-40-42-67-44-47(70-50(60)41-39-37-35-33-31-29-18-16-14-12-10-8-6-4-2)45-68-57-56(66)54(64)52(62)49(72-57)46-69-58-55(65)53(63)51(61)48(43-59)71-58/h5,7,10-13,16-19,21-22,24-25,27-28,47-49,51-59,61-66H,3-4,6,8-9,14-15,20,23,26,29-46H2,1-2H3/b7-5-,12-10-,13-11-,18-16-,19-17-,22-21-,25-24-,28-27-. The maximum absolute atomic E-state index is 13.0. The molecule has 72 heavy (non-hydrogen) atoms. The lowest BCUT2D eigenvalue weighted by Crippen LogP contribution is -2.61. The number of unbranched alkanes of at least 4 members (excludes halogenated alkanes) is 12. The lowest BCUT2D eigenvalue weighted by molar-refractivity contribution is -0.332. The number of carbonyl (C=O) groups is 1. The zero-order valence-electron chi connectivity index (χ0n) is 43.9. The average molecular weight is 1020 g/mol. The zero-order chi connectivity index (χ0) is 52.3. The van der Waals surface area contributed by atoms with Gasteiger partial charge in [-0.1, -0.05) is 162 Å². The number of hydrogen-bond acceptors (Lipinski definition) is 14. The molecule has 0 radical (unpaired) electrons. The van der Waals surface area contributed by atoms with Crippen LogP contribution in [0.4, 0.5) is 0 Å². The fourth-order valence-corrected chi connectivity index (χ4v) is 7.89. The first-order chi connectivity index (χ1) is 35.1. The first-order valence-electron chi connectivity index (χ1n) is 27.3. The predicted molar refractivity (Wildman–Crippen MR) is 284 cm³/mol. The highest BCUT2D eigenvalue weighted by Gasteiger charge is 2.47. The van der Waals surface area contributed by atoms with Crippen LogP contribution in [0.2, 0.25) is 0 Å². The molecule has 0 aliphatic carbocycles. The molecule has 0 amide bonds. The minimum absolute atomic E-state index is 0.0358. The average Bonchev–Trinajstić information content (AvgIpc) is 3.38. The van der Waals surface area contributed by atoms with Crippen LogP contribution in [0.5, 0.6) is 0 Å². The van der Waals surface area contributed by atoms with Crippen LogP contribution in [0, 0.1) is 0 Å². The largest absolute Gasteiger partial charge is 0.457 e. The molecule has 0 bridgehead atoms. The number of rotatable bonds is 42. The van der Waals surface area contributed by atoms with Gasteiger partial charge in [0.25, 0.3) is 0 Å². The molecule has 2 rings (SSSR count). The normalized spacial score (nSPS) is 25.9. The maximum Gasteiger partial charge on any atom is 0.306 e. The number of hydrogen-bond donors (Lipinski definition) is 7. The third kappa shape index (κ3) is 30.9. The Hall–Kier alpha value is -3.09. The summed E-state index contributed by atoms with van der Waals surface area (Å²) in [6, 6.07) is 0. The van der Waals surface area contributed by atoms with E-state index in [9.17, 15) is 40.5 Å². The van der Waals surface area contributed by atoms with Crippen molar-refractivity contribution in [3.63, 3.8) is 0 Å². The van der Waals surface area contributed by atoms with Crippen molar-refractivity contribution < 1.29 is 69.0 Å². The molecule has 0 spiro atoms. The number of carbonyl (C=O) groups excluding carboxylic acids is 1. The van der Waals surface area contributed by atoms with Crippen LogP contribution in [-0.2, 0) is 33.2 Å². The van der Waals surface area contributed by atoms with Crippen molar-refractivity contribution in [2.75, 3.05) is 33.0 Å². The number of esters is 1. The molecular formula is C58H96O14. The second-order valence-corrected chi connectivity index (χ2v) is 18.7. The van der Waals surface area contributed by atoms with Crippen LogP contribution < -0.4 is 0 Å². The molecule has 0 aromatic rings. The molecule has 7 N–H and O–H groups in total. The van der Waals surface area contributed by atoms with E-state index in [1.807, 2.05) is 0 Å². The minimum atomic E-state index is -1.72. The van der Waals surface area contributed by atoms with E-state index in [-0.39, 0.29) is 19.6 Å². The maximum atomic E-state index is 13.0. The van der Waals surface area contributed by atoms with Crippen LogP contribution in [-0.4, -0.2) is 142 Å². The van der Waals surface area contributed by atoms with Crippen LogP contribution in [0.3, 0.4) is 0 Å². The monoisotopic (exact) mass is 1020 g/mol. The first-order valence-corrected chi connectivity index (χ1v) is 27.3. The number of allylic oxidation sites excluding steroid dienone is 16. The fraction of sp³-hybridized carbons (Fsp3) is 0.707. The molecule has 2 saturated heterocycles. The molecule has 2 aliphatic heterocycles. The van der Waals surface area contributed by atoms with Gasteiger partial charge in [0.05, 0.1) is 26.4 Å². The lowest BCUT2D eigenvalue weighted by Gasteiger charge is -2.42. The highest BCUT2D eigenvalue weighted by atomic mass is 16.7. The van der Waals surface area contributed by atoms with E-state index in [4.69, 9.17) is 28.4 Å². The molecule has 412 valence electrons. The van der Waals surface area contributed by atoms with Crippen molar-refractivity contribution in [1.29, 1.82) is 0 Å². The van der Waals surface area contributed by atoms with E-state index < -0.39 is 86.7 Å². The molecule has 0 saturated carbocycles. The summed E-state index contributed by atoms with van der Waals surface area (Å²) in [5, 5.41) is 72.2. The Morgan fingerprint density at radius 1 is 0.472 bits per heavy atom. The summed E-state index contributed by atoms with van der Waals surface area (Å²) in [4.78, 5) is 13.0. The van der Waals surface area contributed by atoms with E-state index in [0.717, 1.165) is 122 Å². The Bertz CT molecular complexity index is 1550. The Morgan fingerprint density at radius 3 is 1.42 bits per heavy atom. The summed E-state index contributed by atoms with van der Waals surface area (Å²) >= 11 is 0. The number of aliphatic hydroxyl groups excluding tert-OH is 7. The van der Waals surface area contributed by atoms with E-state index in [1.165, 1.54) is 12.8 Å². The molecule has 2 heterocycles. The Balaban J connectivity index is 1.75. The van der Waals surface area contributed by atoms with Gasteiger partial charge in [-0.05, 0) is 89.9 Å². The van der Waals surface area contributed by atoms with Gasteiger partial charge in [-0.3, -0.25) is 4.79 Å². The molecule has 11 atom stereocenters. The van der Waals surface area contributed by atoms with Crippen LogP contribution in [0.15, 0.2) is 97.2 Å². The first kappa shape index (κ1) is 65.0. The molecule has 0 aromatic carbocycles. The van der Waals surface area contributed by atoms with Gasteiger partial charge in [-0.25, -0.2) is 0 Å². The Labute approximate surface area is 432 Å². The molecular weight excluding hydrogens is 921 g/mol. The van der Waals surface area contributed by atoms with Crippen LogP contribution in [0.1, 0.15) is 162 Å². The Kier molecular flexibility index (Phi) is 39.9. The van der Waals surface area contributed by atoms with Crippen molar-refractivity contribution in [3.8, 4) is 0 Å². The predicted octanol–water partition coefficient (Wildman–Crippen LogP) is 9.02. The highest BCUT2D eigenvalue weighted by molar-refractivity contribution is 5.69. The molecule has 2 fully saturated rings. The van der Waals surface area contributed by atoms with Gasteiger partial charge in [0.1, 0.15) is 54.9 Å². The third-order valence-corrected chi connectivity index (χ3v) is 12.3. The van der Waals surface area contributed by atoms with Gasteiger partial charge >= 0.3 is 5.97 Å². The summed E-state index contributed by atoms with van der Waals surface area (Å²) in [5.41, 5.74) is 0. The Morgan fingerprint density at radius 2 is 0.903 bits per heavy atom. The second-order valence-electron chi connectivity index (χ2n) is 18.7. The number of aliphatic hydroxyl groups is 7.